The van der Waals surface area contributed by atoms with E-state index in [4.69, 9.17) is 0 Å². The zero-order valence-corrected chi connectivity index (χ0v) is 13.8. The molecule has 0 saturated carbocycles. The fraction of sp³-hybridized carbons (Fsp3) is 0.294. The van der Waals surface area contributed by atoms with Crippen molar-refractivity contribution in [2.24, 2.45) is 13.0 Å². The Bertz CT molecular complexity index is 871. The Labute approximate surface area is 144 Å². The Morgan fingerprint density at radius 3 is 3.04 bits per heavy atom. The number of carbonyl (C=O) groups is 1. The lowest BCUT2D eigenvalue weighted by Gasteiger charge is -2.17. The molecule has 0 unspecified atom stereocenters. The van der Waals surface area contributed by atoms with Crippen molar-refractivity contribution in [3.8, 4) is 11.4 Å². The first-order valence-corrected chi connectivity index (χ1v) is 8.16. The highest BCUT2D eigenvalue weighted by Crippen LogP contribution is 2.29. The van der Waals surface area contributed by atoms with Crippen LogP contribution in [0.4, 0.5) is 5.69 Å². The van der Waals surface area contributed by atoms with Gasteiger partial charge in [0.25, 0.3) is 0 Å². The zero-order valence-electron chi connectivity index (χ0n) is 13.8. The molecule has 8 nitrogen and oxygen atoms in total. The first-order valence-electron chi connectivity index (χ1n) is 8.16. The van der Waals surface area contributed by atoms with Crippen LogP contribution in [0.15, 0.2) is 43.0 Å². The van der Waals surface area contributed by atoms with Crippen molar-refractivity contribution in [1.29, 1.82) is 0 Å². The van der Waals surface area contributed by atoms with E-state index in [-0.39, 0.29) is 17.7 Å². The molecule has 25 heavy (non-hydrogen) atoms. The molecule has 1 fully saturated rings. The van der Waals surface area contributed by atoms with Gasteiger partial charge in [0.15, 0.2) is 5.82 Å². The van der Waals surface area contributed by atoms with Crippen LogP contribution in [0.25, 0.3) is 11.4 Å². The summed E-state index contributed by atoms with van der Waals surface area (Å²) in [5, 5.41) is 17.2. The van der Waals surface area contributed by atoms with Gasteiger partial charge in [-0.3, -0.25) is 14.6 Å². The van der Waals surface area contributed by atoms with Gasteiger partial charge in [-0.25, -0.2) is 4.98 Å². The number of benzene rings is 1. The number of aromatic amines is 1. The van der Waals surface area contributed by atoms with Crippen LogP contribution in [0, 0.1) is 5.92 Å². The minimum atomic E-state index is -0.127. The maximum Gasteiger partial charge on any atom is 0.229 e. The third kappa shape index (κ3) is 3.16. The molecule has 128 valence electrons. The molecule has 1 amide bonds. The van der Waals surface area contributed by atoms with Gasteiger partial charge < -0.3 is 10.6 Å². The number of hydrogen-bond donors (Lipinski definition) is 3. The molecule has 1 aliphatic rings. The van der Waals surface area contributed by atoms with E-state index in [9.17, 15) is 4.79 Å². The number of carbonyl (C=O) groups excluding carboxylic acids is 1. The van der Waals surface area contributed by atoms with Gasteiger partial charge in [-0.05, 0) is 17.7 Å². The molecular formula is C17H19N7O. The fourth-order valence-corrected chi connectivity index (χ4v) is 3.26. The number of hydrogen-bond acceptors (Lipinski definition) is 5. The number of aryl methyl sites for hydroxylation is 1. The molecule has 4 rings (SSSR count). The van der Waals surface area contributed by atoms with Gasteiger partial charge in [-0.1, -0.05) is 12.1 Å². The second-order valence-corrected chi connectivity index (χ2v) is 6.22. The standard InChI is InChI=1S/C17H19N7O/c1-24-9-12(6-21-24)14-7-18-8-15(14)17(25)22-13-4-2-3-11(5-13)16-19-10-20-23-16/h2-6,9-10,14-15,18H,7-8H2,1H3,(H,22,25)(H,19,20,23)/t14-,15+/m1/s1. The molecule has 1 aliphatic heterocycles. The van der Waals surface area contributed by atoms with Crippen molar-refractivity contribution >= 4 is 11.6 Å². The van der Waals surface area contributed by atoms with E-state index < -0.39 is 0 Å². The molecule has 2 aromatic heterocycles. The topological polar surface area (TPSA) is 101 Å². The fourth-order valence-electron chi connectivity index (χ4n) is 3.26. The molecule has 0 bridgehead atoms. The van der Waals surface area contributed by atoms with E-state index in [1.54, 1.807) is 4.68 Å². The summed E-state index contributed by atoms with van der Waals surface area (Å²) >= 11 is 0. The average molecular weight is 337 g/mol. The summed E-state index contributed by atoms with van der Waals surface area (Å²) in [6.45, 7) is 1.44. The molecule has 0 spiro atoms. The maximum atomic E-state index is 12.8. The molecule has 3 heterocycles. The van der Waals surface area contributed by atoms with E-state index in [1.165, 1.54) is 6.33 Å². The first-order chi connectivity index (χ1) is 12.2. The third-order valence-electron chi connectivity index (χ3n) is 4.52. The summed E-state index contributed by atoms with van der Waals surface area (Å²) in [4.78, 5) is 16.9. The molecule has 3 aromatic rings. The van der Waals surface area contributed by atoms with Crippen molar-refractivity contribution < 1.29 is 4.79 Å². The van der Waals surface area contributed by atoms with Crippen molar-refractivity contribution in [2.45, 2.75) is 5.92 Å². The summed E-state index contributed by atoms with van der Waals surface area (Å²) < 4.78 is 1.77. The Morgan fingerprint density at radius 1 is 1.36 bits per heavy atom. The number of rotatable bonds is 4. The normalized spacial score (nSPS) is 19.9. The monoisotopic (exact) mass is 337 g/mol. The first kappa shape index (κ1) is 15.5. The summed E-state index contributed by atoms with van der Waals surface area (Å²) in [5.74, 6) is 0.685. The molecule has 2 atom stereocenters. The molecule has 0 aliphatic carbocycles. The third-order valence-corrected chi connectivity index (χ3v) is 4.52. The van der Waals surface area contributed by atoms with Gasteiger partial charge in [0.05, 0.1) is 12.1 Å². The number of amides is 1. The second-order valence-electron chi connectivity index (χ2n) is 6.22. The van der Waals surface area contributed by atoms with Crippen LogP contribution < -0.4 is 10.6 Å². The largest absolute Gasteiger partial charge is 0.326 e. The number of aromatic nitrogens is 5. The lowest BCUT2D eigenvalue weighted by atomic mass is 9.90. The summed E-state index contributed by atoms with van der Waals surface area (Å²) in [6.07, 6.45) is 5.27. The molecule has 8 heteroatoms. The van der Waals surface area contributed by atoms with Crippen LogP contribution >= 0.6 is 0 Å². The van der Waals surface area contributed by atoms with Gasteiger partial charge in [-0.2, -0.15) is 10.2 Å². The lowest BCUT2D eigenvalue weighted by molar-refractivity contribution is -0.119. The molecule has 3 N–H and O–H groups in total. The van der Waals surface area contributed by atoms with E-state index in [1.807, 2.05) is 43.7 Å². The molecular weight excluding hydrogens is 318 g/mol. The van der Waals surface area contributed by atoms with E-state index in [0.717, 1.165) is 23.4 Å². The van der Waals surface area contributed by atoms with E-state index in [2.05, 4.69) is 30.9 Å². The lowest BCUT2D eigenvalue weighted by Crippen LogP contribution is -2.28. The number of nitrogens with one attached hydrogen (secondary N) is 3. The number of anilines is 1. The average Bonchev–Trinajstić information content (AvgIpc) is 3.36. The van der Waals surface area contributed by atoms with Gasteiger partial charge >= 0.3 is 0 Å². The van der Waals surface area contributed by atoms with Crippen molar-refractivity contribution in [2.75, 3.05) is 18.4 Å². The van der Waals surface area contributed by atoms with Crippen molar-refractivity contribution in [3.05, 3.63) is 48.5 Å². The second kappa shape index (κ2) is 6.48. The highest BCUT2D eigenvalue weighted by molar-refractivity contribution is 5.94. The van der Waals surface area contributed by atoms with Crippen LogP contribution in [0.2, 0.25) is 0 Å². The van der Waals surface area contributed by atoms with Crippen molar-refractivity contribution in [3.63, 3.8) is 0 Å². The van der Waals surface area contributed by atoms with E-state index in [0.29, 0.717) is 12.4 Å². The number of H-pyrrole nitrogens is 1. The Kier molecular flexibility index (Phi) is 4.02. The summed E-state index contributed by atoms with van der Waals surface area (Å²) in [5.41, 5.74) is 2.71. The van der Waals surface area contributed by atoms with Crippen LogP contribution in [-0.4, -0.2) is 44.0 Å². The molecule has 1 saturated heterocycles. The zero-order chi connectivity index (χ0) is 17.2. The Balaban J connectivity index is 1.51. The SMILES string of the molecule is Cn1cc([C@H]2CNC[C@@H]2C(=O)Nc2cccc(-c3ncn[nH]3)c2)cn1. The molecule has 0 radical (unpaired) electrons. The number of nitrogens with zero attached hydrogens (tertiary/aromatic N) is 4. The smallest absolute Gasteiger partial charge is 0.229 e. The maximum absolute atomic E-state index is 12.8. The highest BCUT2D eigenvalue weighted by Gasteiger charge is 2.34. The predicted octanol–water partition coefficient (Wildman–Crippen LogP) is 1.15. The van der Waals surface area contributed by atoms with E-state index >= 15 is 0 Å². The quantitative estimate of drug-likeness (QED) is 0.663. The minimum absolute atomic E-state index is 0.00794. The predicted molar refractivity (Wildman–Crippen MR) is 92.8 cm³/mol. The van der Waals surface area contributed by atoms with Crippen LogP contribution in [0.1, 0.15) is 11.5 Å². The van der Waals surface area contributed by atoms with Gasteiger partial charge in [0.1, 0.15) is 6.33 Å². The van der Waals surface area contributed by atoms with Gasteiger partial charge in [-0.15, -0.1) is 0 Å². The van der Waals surface area contributed by atoms with Crippen LogP contribution in [-0.2, 0) is 11.8 Å². The molecule has 1 aromatic carbocycles. The van der Waals surface area contributed by atoms with Crippen LogP contribution in [0.5, 0.6) is 0 Å². The minimum Gasteiger partial charge on any atom is -0.326 e. The van der Waals surface area contributed by atoms with Crippen molar-refractivity contribution in [1.82, 2.24) is 30.3 Å². The summed E-state index contributed by atoms with van der Waals surface area (Å²) in [7, 11) is 1.88. The van der Waals surface area contributed by atoms with Gasteiger partial charge in [0, 0.05) is 43.5 Å². The summed E-state index contributed by atoms with van der Waals surface area (Å²) in [6, 6.07) is 7.57. The van der Waals surface area contributed by atoms with Crippen LogP contribution in [0.3, 0.4) is 0 Å². The van der Waals surface area contributed by atoms with Gasteiger partial charge in [0.2, 0.25) is 5.91 Å². The Hall–Kier alpha value is -3.00. The highest BCUT2D eigenvalue weighted by atomic mass is 16.1. The Morgan fingerprint density at radius 2 is 2.28 bits per heavy atom.